The van der Waals surface area contributed by atoms with Crippen molar-refractivity contribution in [2.24, 2.45) is 0 Å². The lowest BCUT2D eigenvalue weighted by atomic mass is 10.0. The number of ether oxygens (including phenoxy) is 1. The fraction of sp³-hybridized carbons (Fsp3) is 0.346. The largest absolute Gasteiger partial charge is 0.460 e. The predicted octanol–water partition coefficient (Wildman–Crippen LogP) is 5.73. The van der Waals surface area contributed by atoms with Crippen molar-refractivity contribution in [1.82, 2.24) is 0 Å². The normalized spacial score (nSPS) is 10.8. The lowest BCUT2D eigenvalue weighted by molar-refractivity contribution is 0.0469. The number of anilines is 1. The first-order valence-electron chi connectivity index (χ1n) is 11.2. The zero-order chi connectivity index (χ0) is 22.9. The van der Waals surface area contributed by atoms with E-state index in [-0.39, 0.29) is 34.7 Å². The number of hydrogen-bond donors (Lipinski definition) is 1. The molecule has 0 aliphatic heterocycles. The van der Waals surface area contributed by atoms with Gasteiger partial charge in [-0.15, -0.1) is 0 Å². The maximum Gasteiger partial charge on any atom is 0.374 e. The van der Waals surface area contributed by atoms with Crippen LogP contribution in [0.3, 0.4) is 0 Å². The van der Waals surface area contributed by atoms with Gasteiger partial charge in [0.15, 0.2) is 11.0 Å². The molecule has 2 aromatic carbocycles. The second-order valence-electron chi connectivity index (χ2n) is 7.75. The summed E-state index contributed by atoms with van der Waals surface area (Å²) in [7, 11) is 0. The van der Waals surface area contributed by atoms with Gasteiger partial charge in [-0.05, 0) is 49.1 Å². The minimum Gasteiger partial charge on any atom is -0.460 e. The molecule has 0 aliphatic carbocycles. The monoisotopic (exact) mass is 435 g/mol. The van der Waals surface area contributed by atoms with E-state index in [0.29, 0.717) is 17.7 Å². The van der Waals surface area contributed by atoms with Gasteiger partial charge in [0.2, 0.25) is 5.76 Å². The molecule has 6 nitrogen and oxygen atoms in total. The number of nitrogens with one attached hydrogen (secondary N) is 1. The Labute approximate surface area is 187 Å². The number of hydrogen-bond acceptors (Lipinski definition) is 5. The molecule has 1 N–H and O–H groups in total. The fourth-order valence-electron chi connectivity index (χ4n) is 3.42. The molecule has 3 aromatic rings. The number of amides is 1. The average Bonchev–Trinajstić information content (AvgIpc) is 2.81. The number of para-hydroxylation sites is 1. The molecule has 1 amide bonds. The second-order valence-corrected chi connectivity index (χ2v) is 7.75. The van der Waals surface area contributed by atoms with Crippen LogP contribution in [-0.2, 0) is 11.2 Å². The number of benzene rings is 2. The number of esters is 1. The van der Waals surface area contributed by atoms with E-state index in [2.05, 4.69) is 12.2 Å². The van der Waals surface area contributed by atoms with Crippen LogP contribution in [0.2, 0.25) is 0 Å². The van der Waals surface area contributed by atoms with Crippen LogP contribution in [0, 0.1) is 0 Å². The van der Waals surface area contributed by atoms with E-state index < -0.39 is 5.97 Å². The van der Waals surface area contributed by atoms with Crippen LogP contribution in [0.4, 0.5) is 5.69 Å². The highest BCUT2D eigenvalue weighted by Gasteiger charge is 2.17. The lowest BCUT2D eigenvalue weighted by Crippen LogP contribution is -2.14. The van der Waals surface area contributed by atoms with Crippen molar-refractivity contribution < 1.29 is 18.7 Å². The molecule has 1 aromatic heterocycles. The fourth-order valence-corrected chi connectivity index (χ4v) is 3.42. The smallest absolute Gasteiger partial charge is 0.374 e. The number of aryl methyl sites for hydroxylation is 1. The maximum absolute atomic E-state index is 12.8. The molecule has 0 spiro atoms. The summed E-state index contributed by atoms with van der Waals surface area (Å²) in [5, 5.41) is 3.07. The Balaban J connectivity index is 1.79. The predicted molar refractivity (Wildman–Crippen MR) is 125 cm³/mol. The van der Waals surface area contributed by atoms with E-state index >= 15 is 0 Å². The SMILES string of the molecule is CCCCCCc1ccc(C(=O)Nc2cccc3c(=O)cc(C(=O)OCCC)oc23)cc1. The maximum atomic E-state index is 12.8. The molecule has 0 saturated heterocycles. The Kier molecular flexibility index (Phi) is 8.20. The molecule has 0 saturated carbocycles. The van der Waals surface area contributed by atoms with Gasteiger partial charge in [-0.2, -0.15) is 0 Å². The summed E-state index contributed by atoms with van der Waals surface area (Å²) < 4.78 is 10.7. The van der Waals surface area contributed by atoms with Gasteiger partial charge < -0.3 is 14.5 Å². The number of rotatable bonds is 10. The molecule has 168 valence electrons. The first-order chi connectivity index (χ1) is 15.5. The van der Waals surface area contributed by atoms with Crippen LogP contribution < -0.4 is 10.7 Å². The Morgan fingerprint density at radius 3 is 2.47 bits per heavy atom. The van der Waals surface area contributed by atoms with Crippen LogP contribution in [0.5, 0.6) is 0 Å². The topological polar surface area (TPSA) is 85.6 Å². The molecule has 0 fully saturated rings. The summed E-state index contributed by atoms with van der Waals surface area (Å²) in [5.41, 5.74) is 1.78. The van der Waals surface area contributed by atoms with Crippen LogP contribution in [-0.4, -0.2) is 18.5 Å². The van der Waals surface area contributed by atoms with Crippen molar-refractivity contribution in [2.45, 2.75) is 52.4 Å². The Hall–Kier alpha value is -3.41. The molecule has 0 atom stereocenters. The minimum atomic E-state index is -0.707. The highest BCUT2D eigenvalue weighted by atomic mass is 16.5. The molecular weight excluding hydrogens is 406 g/mol. The number of unbranched alkanes of at least 4 members (excludes halogenated alkanes) is 3. The first kappa shape index (κ1) is 23.3. The third-order valence-electron chi connectivity index (χ3n) is 5.18. The Morgan fingerprint density at radius 2 is 1.75 bits per heavy atom. The summed E-state index contributed by atoms with van der Waals surface area (Å²) in [6.07, 6.45) is 6.43. The van der Waals surface area contributed by atoms with Gasteiger partial charge in [-0.25, -0.2) is 4.79 Å². The zero-order valence-corrected chi connectivity index (χ0v) is 18.6. The van der Waals surface area contributed by atoms with Crippen LogP contribution >= 0.6 is 0 Å². The molecular formula is C26H29NO5. The summed E-state index contributed by atoms with van der Waals surface area (Å²) in [5.74, 6) is -1.22. The van der Waals surface area contributed by atoms with E-state index in [0.717, 1.165) is 18.9 Å². The quantitative estimate of drug-likeness (QED) is 0.324. The van der Waals surface area contributed by atoms with Crippen molar-refractivity contribution in [3.05, 3.63) is 75.6 Å². The van der Waals surface area contributed by atoms with Crippen molar-refractivity contribution in [2.75, 3.05) is 11.9 Å². The van der Waals surface area contributed by atoms with Gasteiger partial charge in [0.1, 0.15) is 0 Å². The van der Waals surface area contributed by atoms with Gasteiger partial charge in [0.05, 0.1) is 17.7 Å². The van der Waals surface area contributed by atoms with Crippen molar-refractivity contribution in [3.8, 4) is 0 Å². The molecule has 0 bridgehead atoms. The standard InChI is InChI=1S/C26H29NO5/c1-3-5-6-7-9-18-12-14-19(15-13-18)25(29)27-21-11-8-10-20-22(28)17-23(32-24(20)21)26(30)31-16-4-2/h8,10-15,17H,3-7,9,16H2,1-2H3,(H,27,29). The van der Waals surface area contributed by atoms with Crippen LogP contribution in [0.15, 0.2) is 57.7 Å². The third kappa shape index (κ3) is 5.84. The van der Waals surface area contributed by atoms with Gasteiger partial charge in [-0.3, -0.25) is 9.59 Å². The highest BCUT2D eigenvalue weighted by Crippen LogP contribution is 2.23. The van der Waals surface area contributed by atoms with Crippen molar-refractivity contribution in [3.63, 3.8) is 0 Å². The van der Waals surface area contributed by atoms with E-state index in [1.807, 2.05) is 19.1 Å². The molecule has 0 unspecified atom stereocenters. The lowest BCUT2D eigenvalue weighted by Gasteiger charge is -2.10. The molecule has 0 aliphatic rings. The zero-order valence-electron chi connectivity index (χ0n) is 18.6. The number of fused-ring (bicyclic) bond motifs is 1. The van der Waals surface area contributed by atoms with Gasteiger partial charge in [-0.1, -0.05) is 51.3 Å². The van der Waals surface area contributed by atoms with E-state index in [9.17, 15) is 14.4 Å². The van der Waals surface area contributed by atoms with Crippen LogP contribution in [0.25, 0.3) is 11.0 Å². The Bertz CT molecular complexity index is 1130. The molecule has 1 heterocycles. The summed E-state index contributed by atoms with van der Waals surface area (Å²) in [6, 6.07) is 13.5. The summed E-state index contributed by atoms with van der Waals surface area (Å²) >= 11 is 0. The number of carbonyl (C=O) groups is 2. The van der Waals surface area contributed by atoms with Gasteiger partial charge in [0.25, 0.3) is 5.91 Å². The van der Waals surface area contributed by atoms with Crippen LogP contribution in [0.1, 0.15) is 72.4 Å². The average molecular weight is 436 g/mol. The highest BCUT2D eigenvalue weighted by molar-refractivity contribution is 6.08. The van der Waals surface area contributed by atoms with Gasteiger partial charge >= 0.3 is 5.97 Å². The van der Waals surface area contributed by atoms with Crippen molar-refractivity contribution >= 4 is 28.5 Å². The minimum absolute atomic E-state index is 0.143. The second kappa shape index (κ2) is 11.3. The van der Waals surface area contributed by atoms with Crippen molar-refractivity contribution in [1.29, 1.82) is 0 Å². The third-order valence-corrected chi connectivity index (χ3v) is 5.18. The molecule has 32 heavy (non-hydrogen) atoms. The van der Waals surface area contributed by atoms with E-state index in [4.69, 9.17) is 9.15 Å². The van der Waals surface area contributed by atoms with E-state index in [1.165, 1.54) is 24.8 Å². The molecule has 3 rings (SSSR count). The summed E-state index contributed by atoms with van der Waals surface area (Å²) in [4.78, 5) is 37.4. The molecule has 6 heteroatoms. The first-order valence-corrected chi connectivity index (χ1v) is 11.2. The van der Waals surface area contributed by atoms with E-state index in [1.54, 1.807) is 30.3 Å². The molecule has 0 radical (unpaired) electrons. The number of carbonyl (C=O) groups excluding carboxylic acids is 2. The van der Waals surface area contributed by atoms with Gasteiger partial charge in [0, 0.05) is 11.6 Å². The summed E-state index contributed by atoms with van der Waals surface area (Å²) in [6.45, 7) is 4.29. The Morgan fingerprint density at radius 1 is 0.969 bits per heavy atom.